The van der Waals surface area contributed by atoms with E-state index >= 15 is 0 Å². The van der Waals surface area contributed by atoms with Crippen molar-refractivity contribution in [2.24, 2.45) is 0 Å². The third kappa shape index (κ3) is 5.70. The van der Waals surface area contributed by atoms with Crippen LogP contribution >= 0.6 is 0 Å². The van der Waals surface area contributed by atoms with Crippen LogP contribution < -0.4 is 10.6 Å². The van der Waals surface area contributed by atoms with Gasteiger partial charge >= 0.3 is 12.2 Å². The minimum Gasteiger partial charge on any atom is -0.445 e. The third-order valence-electron chi connectivity index (χ3n) is 4.98. The first-order valence-corrected chi connectivity index (χ1v) is 12.0. The first-order valence-electron chi connectivity index (χ1n) is 10.8. The number of carbonyl (C=O) groups is 2. The second-order valence-electron chi connectivity index (χ2n) is 8.30. The Balaban J connectivity index is 1.96. The van der Waals surface area contributed by atoms with Crippen molar-refractivity contribution in [3.05, 3.63) is 47.2 Å². The standard InChI is InChI=1S/C23H31N3O5S/c1-15(2)24-22(27)30-13-18-19(14-31-23(28)25-16(3)4)21(26-12-8-11-20(18)26)32(29)17-9-6-5-7-10-17/h5-7,9-10,15-16H,8,11-14H2,1-4H3,(H,24,27)(H,25,28)/t32-/m1/s1. The molecule has 1 aromatic heterocycles. The van der Waals surface area contributed by atoms with Gasteiger partial charge in [-0.05, 0) is 52.7 Å². The molecule has 2 heterocycles. The number of nitrogens with zero attached hydrogens (tertiary/aromatic N) is 1. The minimum absolute atomic E-state index is 0.0182. The first-order chi connectivity index (χ1) is 15.3. The van der Waals surface area contributed by atoms with Crippen molar-refractivity contribution in [2.75, 3.05) is 0 Å². The summed E-state index contributed by atoms with van der Waals surface area (Å²) in [5, 5.41) is 6.00. The molecule has 1 aliphatic rings. The largest absolute Gasteiger partial charge is 0.445 e. The number of alkyl carbamates (subject to hydrolysis) is 2. The van der Waals surface area contributed by atoms with Gasteiger partial charge in [0.15, 0.2) is 0 Å². The van der Waals surface area contributed by atoms with Crippen LogP contribution in [0.25, 0.3) is 0 Å². The van der Waals surface area contributed by atoms with Gasteiger partial charge in [-0.1, -0.05) is 18.2 Å². The summed E-state index contributed by atoms with van der Waals surface area (Å²) >= 11 is 0. The van der Waals surface area contributed by atoms with Gasteiger partial charge in [0.25, 0.3) is 0 Å². The van der Waals surface area contributed by atoms with E-state index in [0.717, 1.165) is 24.1 Å². The predicted molar refractivity (Wildman–Crippen MR) is 121 cm³/mol. The van der Waals surface area contributed by atoms with Crippen LogP contribution in [0.2, 0.25) is 0 Å². The van der Waals surface area contributed by atoms with E-state index in [2.05, 4.69) is 10.6 Å². The van der Waals surface area contributed by atoms with Crippen LogP contribution in [-0.4, -0.2) is 33.0 Å². The van der Waals surface area contributed by atoms with Crippen molar-refractivity contribution >= 4 is 23.0 Å². The number of hydrogen-bond donors (Lipinski definition) is 2. The predicted octanol–water partition coefficient (Wildman–Crippen LogP) is 3.87. The average molecular weight is 462 g/mol. The summed E-state index contributed by atoms with van der Waals surface area (Å²) in [6, 6.07) is 9.06. The molecule has 0 aliphatic carbocycles. The average Bonchev–Trinajstić information content (AvgIpc) is 3.30. The molecule has 9 heteroatoms. The zero-order valence-electron chi connectivity index (χ0n) is 19.0. The highest BCUT2D eigenvalue weighted by Crippen LogP contribution is 2.34. The van der Waals surface area contributed by atoms with Gasteiger partial charge in [0.1, 0.15) is 29.0 Å². The number of rotatable bonds is 8. The van der Waals surface area contributed by atoms with E-state index in [-0.39, 0.29) is 25.3 Å². The molecular formula is C23H31N3O5S. The molecule has 0 saturated heterocycles. The summed E-state index contributed by atoms with van der Waals surface area (Å²) in [7, 11) is -1.47. The van der Waals surface area contributed by atoms with E-state index in [1.165, 1.54) is 0 Å². The summed E-state index contributed by atoms with van der Waals surface area (Å²) in [5.41, 5.74) is 2.38. The number of carbonyl (C=O) groups excluding carboxylic acids is 2. The molecule has 2 N–H and O–H groups in total. The van der Waals surface area contributed by atoms with Gasteiger partial charge in [0.2, 0.25) is 0 Å². The summed E-state index contributed by atoms with van der Waals surface area (Å²) in [6.45, 7) is 8.07. The topological polar surface area (TPSA) is 98.7 Å². The summed E-state index contributed by atoms with van der Waals surface area (Å²) < 4.78 is 26.5. The fourth-order valence-corrected chi connectivity index (χ4v) is 5.13. The van der Waals surface area contributed by atoms with Crippen LogP contribution in [0.15, 0.2) is 40.3 Å². The summed E-state index contributed by atoms with van der Waals surface area (Å²) in [4.78, 5) is 24.9. The Morgan fingerprint density at radius 3 is 2.09 bits per heavy atom. The Bertz CT molecular complexity index is 985. The van der Waals surface area contributed by atoms with Crippen LogP contribution in [0.1, 0.15) is 50.9 Å². The fraction of sp³-hybridized carbons (Fsp3) is 0.478. The molecule has 3 rings (SSSR count). The Kier molecular flexibility index (Phi) is 7.95. The molecule has 0 saturated carbocycles. The number of ether oxygens (including phenoxy) is 2. The maximum atomic E-state index is 13.6. The lowest BCUT2D eigenvalue weighted by atomic mass is 10.1. The highest BCUT2D eigenvalue weighted by Gasteiger charge is 2.30. The Morgan fingerprint density at radius 2 is 1.53 bits per heavy atom. The molecule has 8 nitrogen and oxygen atoms in total. The van der Waals surface area contributed by atoms with Crippen molar-refractivity contribution in [3.63, 3.8) is 0 Å². The zero-order chi connectivity index (χ0) is 23.3. The lowest BCUT2D eigenvalue weighted by Gasteiger charge is -2.14. The number of amides is 2. The summed E-state index contributed by atoms with van der Waals surface area (Å²) in [6.07, 6.45) is 0.621. The van der Waals surface area contributed by atoms with Gasteiger partial charge in [0, 0.05) is 40.3 Å². The maximum absolute atomic E-state index is 13.6. The quantitative estimate of drug-likeness (QED) is 0.622. The molecule has 1 aliphatic heterocycles. The Labute approximate surface area is 191 Å². The SMILES string of the molecule is CC(C)NC(=O)OCc1c(COC(=O)NC(C)C)c([S@](=O)c2ccccc2)n2c1CCC2. The van der Waals surface area contributed by atoms with Gasteiger partial charge < -0.3 is 24.7 Å². The Morgan fingerprint density at radius 1 is 0.969 bits per heavy atom. The zero-order valence-corrected chi connectivity index (χ0v) is 19.8. The first kappa shape index (κ1) is 23.8. The minimum atomic E-state index is -1.47. The second kappa shape index (κ2) is 10.7. The molecule has 0 fully saturated rings. The van der Waals surface area contributed by atoms with Crippen molar-refractivity contribution < 1.29 is 23.3 Å². The molecule has 0 radical (unpaired) electrons. The third-order valence-corrected chi connectivity index (χ3v) is 6.50. The molecule has 1 atom stereocenters. The van der Waals surface area contributed by atoms with Crippen LogP contribution in [0.5, 0.6) is 0 Å². The van der Waals surface area contributed by atoms with Gasteiger partial charge in [-0.2, -0.15) is 0 Å². The molecular weight excluding hydrogens is 430 g/mol. The molecule has 2 amide bonds. The fourth-order valence-electron chi connectivity index (χ4n) is 3.70. The van der Waals surface area contributed by atoms with E-state index < -0.39 is 23.0 Å². The van der Waals surface area contributed by atoms with Gasteiger partial charge in [0.05, 0.1) is 0 Å². The van der Waals surface area contributed by atoms with E-state index in [1.807, 2.05) is 62.6 Å². The van der Waals surface area contributed by atoms with Crippen molar-refractivity contribution in [1.82, 2.24) is 15.2 Å². The molecule has 32 heavy (non-hydrogen) atoms. The highest BCUT2D eigenvalue weighted by molar-refractivity contribution is 7.85. The molecule has 1 aromatic carbocycles. The number of benzene rings is 1. The van der Waals surface area contributed by atoms with E-state index in [1.54, 1.807) is 0 Å². The number of hydrogen-bond acceptors (Lipinski definition) is 5. The molecule has 0 spiro atoms. The second-order valence-corrected chi connectivity index (χ2v) is 9.69. The van der Waals surface area contributed by atoms with Crippen LogP contribution in [0.4, 0.5) is 9.59 Å². The normalized spacial score (nSPS) is 13.7. The van der Waals surface area contributed by atoms with E-state index in [0.29, 0.717) is 22.0 Å². The highest BCUT2D eigenvalue weighted by atomic mass is 32.2. The van der Waals surface area contributed by atoms with E-state index in [4.69, 9.17) is 9.47 Å². The van der Waals surface area contributed by atoms with Crippen LogP contribution in [0.3, 0.4) is 0 Å². The maximum Gasteiger partial charge on any atom is 0.407 e. The lowest BCUT2D eigenvalue weighted by Crippen LogP contribution is -2.31. The van der Waals surface area contributed by atoms with E-state index in [9.17, 15) is 13.8 Å². The molecule has 0 unspecified atom stereocenters. The van der Waals surface area contributed by atoms with Gasteiger partial charge in [-0.25, -0.2) is 13.8 Å². The smallest absolute Gasteiger partial charge is 0.407 e. The molecule has 2 aromatic rings. The van der Waals surface area contributed by atoms with Crippen molar-refractivity contribution in [1.29, 1.82) is 0 Å². The monoisotopic (exact) mass is 461 g/mol. The number of aromatic nitrogens is 1. The number of nitrogens with one attached hydrogen (secondary N) is 2. The molecule has 0 bridgehead atoms. The van der Waals surface area contributed by atoms with Crippen molar-refractivity contribution in [3.8, 4) is 0 Å². The number of fused-ring (bicyclic) bond motifs is 1. The van der Waals surface area contributed by atoms with Crippen molar-refractivity contribution in [2.45, 2.75) is 82.3 Å². The molecule has 174 valence electrons. The van der Waals surface area contributed by atoms with Crippen LogP contribution in [0, 0.1) is 0 Å². The lowest BCUT2D eigenvalue weighted by molar-refractivity contribution is 0.128. The summed E-state index contributed by atoms with van der Waals surface area (Å²) in [5.74, 6) is 0. The van der Waals surface area contributed by atoms with Gasteiger partial charge in [-0.3, -0.25) is 0 Å². The van der Waals surface area contributed by atoms with Gasteiger partial charge in [-0.15, -0.1) is 0 Å². The Hall–Kier alpha value is -2.81. The van der Waals surface area contributed by atoms with Crippen LogP contribution in [-0.2, 0) is 46.5 Å².